The predicted octanol–water partition coefficient (Wildman–Crippen LogP) is 15.8. The third-order valence-corrected chi connectivity index (χ3v) is 12.0. The van der Waals surface area contributed by atoms with Gasteiger partial charge in [-0.15, -0.1) is 0 Å². The quantitative estimate of drug-likeness (QED) is 0.0195. The number of carbonyl (C=O) groups is 3. The van der Waals surface area contributed by atoms with Crippen molar-refractivity contribution in [3.63, 3.8) is 0 Å². The number of hydrogen-bond donors (Lipinski definition) is 0. The van der Waals surface area contributed by atoms with Crippen molar-refractivity contribution < 1.29 is 42.9 Å². The van der Waals surface area contributed by atoms with E-state index in [1.807, 2.05) is 21.1 Å². The highest BCUT2D eigenvalue weighted by molar-refractivity contribution is 5.70. The maximum atomic E-state index is 12.9. The minimum Gasteiger partial charge on any atom is -0.545 e. The fourth-order valence-electron chi connectivity index (χ4n) is 7.61. The summed E-state index contributed by atoms with van der Waals surface area (Å²) in [6.07, 6.45) is 71.3. The summed E-state index contributed by atoms with van der Waals surface area (Å²) in [5, 5.41) is 11.8. The predicted molar refractivity (Wildman–Crippen MR) is 306 cm³/mol. The van der Waals surface area contributed by atoms with Gasteiger partial charge in [0.1, 0.15) is 13.2 Å². The number of carboxylic acids is 1. The molecule has 416 valence electrons. The first-order valence-electron chi connectivity index (χ1n) is 29.0. The van der Waals surface area contributed by atoms with E-state index in [9.17, 15) is 19.5 Å². The van der Waals surface area contributed by atoms with Crippen LogP contribution in [0.3, 0.4) is 0 Å². The summed E-state index contributed by atoms with van der Waals surface area (Å²) < 4.78 is 22.7. The molecular formula is C64H107NO8. The number of hydrogen-bond acceptors (Lipinski definition) is 8. The normalized spacial score (nSPS) is 13.6. The molecule has 0 aromatic rings. The lowest BCUT2D eigenvalue weighted by Gasteiger charge is -2.26. The molecule has 9 nitrogen and oxygen atoms in total. The molecule has 73 heavy (non-hydrogen) atoms. The first kappa shape index (κ1) is 69.0. The molecule has 0 saturated carbocycles. The minimum atomic E-state index is -1.63. The second-order valence-electron chi connectivity index (χ2n) is 20.2. The lowest BCUT2D eigenvalue weighted by Crippen LogP contribution is -2.44. The summed E-state index contributed by atoms with van der Waals surface area (Å²) >= 11 is 0. The van der Waals surface area contributed by atoms with Crippen LogP contribution in [0.2, 0.25) is 0 Å². The second-order valence-corrected chi connectivity index (χ2v) is 20.2. The van der Waals surface area contributed by atoms with E-state index in [0.29, 0.717) is 17.4 Å². The molecule has 2 atom stereocenters. The number of esters is 2. The van der Waals surface area contributed by atoms with Gasteiger partial charge in [0, 0.05) is 12.8 Å². The van der Waals surface area contributed by atoms with E-state index >= 15 is 0 Å². The summed E-state index contributed by atoms with van der Waals surface area (Å²) in [6, 6.07) is 0. The molecule has 0 aliphatic rings. The SMILES string of the molecule is CC/C=C\C/C=C\C/C=C\C/C=C\C/C=C\CCCCCCCC(=O)OC(COC(=O)CCCCCCCCCCCCCCCC/C=C\C/C=C\C/C=C\C/C=C\CC)COC(OCC[N+](C)(C)C)C(=O)[O-]. The molecule has 0 heterocycles. The van der Waals surface area contributed by atoms with Crippen molar-refractivity contribution in [1.82, 2.24) is 0 Å². The van der Waals surface area contributed by atoms with Gasteiger partial charge in [0.15, 0.2) is 12.4 Å². The highest BCUT2D eigenvalue weighted by Crippen LogP contribution is 2.15. The van der Waals surface area contributed by atoms with Gasteiger partial charge in [0.2, 0.25) is 0 Å². The minimum absolute atomic E-state index is 0.138. The molecule has 0 amide bonds. The summed E-state index contributed by atoms with van der Waals surface area (Å²) in [5.41, 5.74) is 0. The number of rotatable bonds is 52. The monoisotopic (exact) mass is 1020 g/mol. The number of carboxylic acid groups (broad SMARTS) is 1. The van der Waals surface area contributed by atoms with Gasteiger partial charge in [-0.05, 0) is 96.3 Å². The van der Waals surface area contributed by atoms with Crippen molar-refractivity contribution in [2.45, 2.75) is 232 Å². The Bertz CT molecular complexity index is 1560. The fourth-order valence-corrected chi connectivity index (χ4v) is 7.61. The second kappa shape index (κ2) is 54.2. The molecule has 0 bridgehead atoms. The first-order valence-corrected chi connectivity index (χ1v) is 29.0. The van der Waals surface area contributed by atoms with Crippen LogP contribution in [0.25, 0.3) is 0 Å². The number of carbonyl (C=O) groups excluding carboxylic acids is 3. The average molecular weight is 1020 g/mol. The van der Waals surface area contributed by atoms with Crippen LogP contribution in [0.15, 0.2) is 109 Å². The zero-order valence-corrected chi connectivity index (χ0v) is 47.2. The molecule has 0 aliphatic heterocycles. The largest absolute Gasteiger partial charge is 0.545 e. The summed E-state index contributed by atoms with van der Waals surface area (Å²) in [4.78, 5) is 37.3. The van der Waals surface area contributed by atoms with Crippen LogP contribution in [-0.4, -0.2) is 82.3 Å². The van der Waals surface area contributed by atoms with E-state index in [2.05, 4.69) is 123 Å². The lowest BCUT2D eigenvalue weighted by molar-refractivity contribution is -0.870. The van der Waals surface area contributed by atoms with E-state index in [-0.39, 0.29) is 38.6 Å². The number of allylic oxidation sites excluding steroid dienone is 18. The third kappa shape index (κ3) is 55.5. The molecule has 0 N–H and O–H groups in total. The van der Waals surface area contributed by atoms with E-state index in [0.717, 1.165) is 109 Å². The molecule has 0 aromatic heterocycles. The molecule has 2 unspecified atom stereocenters. The first-order chi connectivity index (χ1) is 35.6. The van der Waals surface area contributed by atoms with Crippen LogP contribution < -0.4 is 5.11 Å². The molecule has 0 saturated heterocycles. The van der Waals surface area contributed by atoms with Crippen molar-refractivity contribution in [3.8, 4) is 0 Å². The van der Waals surface area contributed by atoms with Gasteiger partial charge in [0.25, 0.3) is 0 Å². The van der Waals surface area contributed by atoms with Gasteiger partial charge in [-0.3, -0.25) is 9.59 Å². The van der Waals surface area contributed by atoms with Crippen LogP contribution in [-0.2, 0) is 33.3 Å². The Morgan fingerprint density at radius 3 is 1.10 bits per heavy atom. The van der Waals surface area contributed by atoms with E-state index in [4.69, 9.17) is 18.9 Å². The van der Waals surface area contributed by atoms with Gasteiger partial charge in [-0.25, -0.2) is 0 Å². The zero-order valence-electron chi connectivity index (χ0n) is 47.2. The van der Waals surface area contributed by atoms with E-state index < -0.39 is 24.3 Å². The van der Waals surface area contributed by atoms with Crippen LogP contribution in [0.5, 0.6) is 0 Å². The number of aliphatic carboxylic acids is 1. The Morgan fingerprint density at radius 2 is 0.740 bits per heavy atom. The van der Waals surface area contributed by atoms with Crippen LogP contribution in [0.1, 0.15) is 219 Å². The van der Waals surface area contributed by atoms with Gasteiger partial charge in [-0.1, -0.05) is 220 Å². The highest BCUT2D eigenvalue weighted by Gasteiger charge is 2.22. The fraction of sp³-hybridized carbons (Fsp3) is 0.672. The van der Waals surface area contributed by atoms with Gasteiger partial charge >= 0.3 is 11.9 Å². The topological polar surface area (TPSA) is 111 Å². The van der Waals surface area contributed by atoms with Gasteiger partial charge < -0.3 is 33.3 Å². The number of unbranched alkanes of at least 4 members (excludes halogenated alkanes) is 19. The third-order valence-electron chi connectivity index (χ3n) is 12.0. The molecule has 0 fully saturated rings. The summed E-state index contributed by atoms with van der Waals surface area (Å²) in [5.74, 6) is -2.32. The molecular weight excluding hydrogens is 911 g/mol. The maximum absolute atomic E-state index is 12.9. The Morgan fingerprint density at radius 1 is 0.411 bits per heavy atom. The summed E-state index contributed by atoms with van der Waals surface area (Å²) in [6.45, 7) is 4.49. The molecule has 0 rings (SSSR count). The molecule has 0 spiro atoms. The number of likely N-dealkylation sites (N-methyl/N-ethyl adjacent to an activating group) is 1. The van der Waals surface area contributed by atoms with Crippen LogP contribution >= 0.6 is 0 Å². The molecule has 0 aliphatic carbocycles. The number of nitrogens with zero attached hydrogens (tertiary/aromatic N) is 1. The van der Waals surface area contributed by atoms with E-state index in [1.165, 1.54) is 77.0 Å². The number of quaternary nitrogens is 1. The Labute approximate surface area is 447 Å². The van der Waals surface area contributed by atoms with Crippen molar-refractivity contribution in [3.05, 3.63) is 109 Å². The van der Waals surface area contributed by atoms with E-state index in [1.54, 1.807) is 0 Å². The smallest absolute Gasteiger partial charge is 0.306 e. The van der Waals surface area contributed by atoms with Crippen molar-refractivity contribution in [2.75, 3.05) is 47.5 Å². The molecule has 9 heteroatoms. The Kier molecular flexibility index (Phi) is 51.2. The lowest BCUT2D eigenvalue weighted by atomic mass is 10.0. The van der Waals surface area contributed by atoms with Gasteiger partial charge in [-0.2, -0.15) is 0 Å². The van der Waals surface area contributed by atoms with Crippen molar-refractivity contribution >= 4 is 17.9 Å². The zero-order chi connectivity index (χ0) is 53.4. The number of ether oxygens (including phenoxy) is 4. The molecule has 0 radical (unpaired) electrons. The van der Waals surface area contributed by atoms with Crippen molar-refractivity contribution in [2.24, 2.45) is 0 Å². The molecule has 0 aromatic carbocycles. The maximum Gasteiger partial charge on any atom is 0.306 e. The average Bonchev–Trinajstić information content (AvgIpc) is 3.36. The Balaban J connectivity index is 4.27. The standard InChI is InChI=1S/C64H107NO8/c1-6-8-10-12-14-16-18-20-22-24-26-28-29-30-31-32-33-35-36-38-40-42-44-46-48-50-52-54-61(66)71-58-60(59-72-64(63(68)69)70-57-56-65(3,4)5)73-62(67)55-53-51-49-47-45-43-41-39-37-34-27-25-23-21-19-17-15-13-11-9-7-2/h8-11,14-17,20-23,26-28,34,39,41,60,64H,6-7,12-13,18-19,24-25,29-33,35-38,40,42-59H2,1-5H3/b10-8-,11-9-,16-14-,17-15-,22-20-,23-21-,28-26-,34-27-,41-39-. The highest BCUT2D eigenvalue weighted by atomic mass is 16.7. The van der Waals surface area contributed by atoms with Crippen molar-refractivity contribution in [1.29, 1.82) is 0 Å². The Hall–Kier alpha value is -4.05. The van der Waals surface area contributed by atoms with Gasteiger partial charge in [0.05, 0.1) is 40.3 Å². The van der Waals surface area contributed by atoms with Crippen LogP contribution in [0.4, 0.5) is 0 Å². The van der Waals surface area contributed by atoms with Crippen LogP contribution in [0, 0.1) is 0 Å². The summed E-state index contributed by atoms with van der Waals surface area (Å²) in [7, 11) is 5.91.